The van der Waals surface area contributed by atoms with Crippen LogP contribution in [0.4, 0.5) is 5.69 Å². The number of nitrogen functional groups attached to an aromatic ring is 1. The predicted molar refractivity (Wildman–Crippen MR) is 65.4 cm³/mol. The maximum atomic E-state index is 12.1. The zero-order valence-electron chi connectivity index (χ0n) is 9.51. The Morgan fingerprint density at radius 3 is 3.00 bits per heavy atom. The molecule has 0 aromatic carbocycles. The second-order valence-electron chi connectivity index (χ2n) is 4.04. The number of rotatable bonds is 2. The number of thioether (sulfide) groups is 1. The van der Waals surface area contributed by atoms with E-state index in [2.05, 4.69) is 5.10 Å². The fourth-order valence-electron chi connectivity index (χ4n) is 1.83. The van der Waals surface area contributed by atoms with E-state index in [0.717, 1.165) is 17.9 Å². The summed E-state index contributed by atoms with van der Waals surface area (Å²) in [4.78, 5) is 13.9. The van der Waals surface area contributed by atoms with Crippen LogP contribution in [-0.2, 0) is 7.05 Å². The van der Waals surface area contributed by atoms with Crippen molar-refractivity contribution in [3.63, 3.8) is 0 Å². The van der Waals surface area contributed by atoms with Crippen molar-refractivity contribution in [2.24, 2.45) is 7.05 Å². The monoisotopic (exact) mass is 240 g/mol. The van der Waals surface area contributed by atoms with E-state index in [0.29, 0.717) is 17.4 Å². The highest BCUT2D eigenvalue weighted by Gasteiger charge is 2.27. The van der Waals surface area contributed by atoms with Gasteiger partial charge in [-0.15, -0.1) is 0 Å². The molecular formula is C10H16N4OS. The maximum Gasteiger partial charge on any atom is 0.276 e. The first-order valence-electron chi connectivity index (χ1n) is 5.23. The first kappa shape index (κ1) is 11.3. The molecule has 1 fully saturated rings. The van der Waals surface area contributed by atoms with E-state index in [9.17, 15) is 4.79 Å². The number of aromatic nitrogens is 2. The second-order valence-corrected chi connectivity index (χ2v) is 5.19. The van der Waals surface area contributed by atoms with E-state index < -0.39 is 0 Å². The van der Waals surface area contributed by atoms with Gasteiger partial charge in [-0.25, -0.2) is 0 Å². The van der Waals surface area contributed by atoms with Crippen molar-refractivity contribution in [1.29, 1.82) is 0 Å². The molecule has 16 heavy (non-hydrogen) atoms. The van der Waals surface area contributed by atoms with Gasteiger partial charge in [0.05, 0.1) is 5.69 Å². The van der Waals surface area contributed by atoms with Crippen molar-refractivity contribution < 1.29 is 4.79 Å². The van der Waals surface area contributed by atoms with Gasteiger partial charge in [0.15, 0.2) is 5.69 Å². The molecule has 2 heterocycles. The third kappa shape index (κ3) is 2.02. The van der Waals surface area contributed by atoms with Crippen molar-refractivity contribution in [2.75, 3.05) is 24.3 Å². The Morgan fingerprint density at radius 1 is 1.75 bits per heavy atom. The Labute approximate surface area is 99.0 Å². The third-order valence-electron chi connectivity index (χ3n) is 2.83. The van der Waals surface area contributed by atoms with Crippen molar-refractivity contribution in [2.45, 2.75) is 12.5 Å². The van der Waals surface area contributed by atoms with Crippen LogP contribution in [0.2, 0.25) is 0 Å². The molecule has 2 N–H and O–H groups in total. The summed E-state index contributed by atoms with van der Waals surface area (Å²) in [5, 5.41) is 4.10. The zero-order valence-corrected chi connectivity index (χ0v) is 10.3. The summed E-state index contributed by atoms with van der Waals surface area (Å²) in [6.07, 6.45) is 2.71. The van der Waals surface area contributed by atoms with Gasteiger partial charge < -0.3 is 10.6 Å². The lowest BCUT2D eigenvalue weighted by molar-refractivity contribution is 0.0742. The van der Waals surface area contributed by atoms with Crippen LogP contribution in [-0.4, -0.2) is 45.2 Å². The Bertz CT molecular complexity index is 398. The van der Waals surface area contributed by atoms with Crippen LogP contribution in [0.5, 0.6) is 0 Å². The molecular weight excluding hydrogens is 224 g/mol. The van der Waals surface area contributed by atoms with Gasteiger partial charge >= 0.3 is 0 Å². The largest absolute Gasteiger partial charge is 0.396 e. The molecule has 1 atom stereocenters. The summed E-state index contributed by atoms with van der Waals surface area (Å²) in [5.74, 6) is 2.06. The molecule has 0 bridgehead atoms. The van der Waals surface area contributed by atoms with Crippen LogP contribution in [0.25, 0.3) is 0 Å². The number of nitrogens with two attached hydrogens (primary N) is 1. The number of hydrogen-bond acceptors (Lipinski definition) is 4. The lowest BCUT2D eigenvalue weighted by Crippen LogP contribution is -2.37. The normalized spacial score (nSPS) is 20.0. The Morgan fingerprint density at radius 2 is 2.50 bits per heavy atom. The van der Waals surface area contributed by atoms with Gasteiger partial charge in [0, 0.05) is 32.1 Å². The number of amides is 1. The first-order valence-corrected chi connectivity index (χ1v) is 6.39. The molecule has 1 unspecified atom stereocenters. The molecule has 0 saturated carbocycles. The molecule has 5 nitrogen and oxygen atoms in total. The van der Waals surface area contributed by atoms with Crippen LogP contribution in [0, 0.1) is 0 Å². The molecule has 1 aliphatic heterocycles. The van der Waals surface area contributed by atoms with E-state index in [4.69, 9.17) is 5.73 Å². The first-order chi connectivity index (χ1) is 7.59. The Balaban J connectivity index is 2.14. The van der Waals surface area contributed by atoms with Crippen molar-refractivity contribution in [1.82, 2.24) is 14.7 Å². The molecule has 1 amide bonds. The van der Waals surface area contributed by atoms with Gasteiger partial charge in [-0.2, -0.15) is 16.9 Å². The average molecular weight is 240 g/mol. The molecule has 1 aromatic rings. The molecule has 2 rings (SSSR count). The van der Waals surface area contributed by atoms with Gasteiger partial charge in [0.2, 0.25) is 0 Å². The molecule has 1 saturated heterocycles. The fraction of sp³-hybridized carbons (Fsp3) is 0.600. The lowest BCUT2D eigenvalue weighted by Gasteiger charge is -2.22. The molecule has 0 aliphatic carbocycles. The van der Waals surface area contributed by atoms with E-state index in [1.807, 2.05) is 18.8 Å². The fourth-order valence-corrected chi connectivity index (χ4v) is 3.10. The quantitative estimate of drug-likeness (QED) is 0.821. The summed E-state index contributed by atoms with van der Waals surface area (Å²) in [6, 6.07) is 0.318. The lowest BCUT2D eigenvalue weighted by atomic mass is 10.2. The summed E-state index contributed by atoms with van der Waals surface area (Å²) >= 11 is 1.88. The number of aryl methyl sites for hydroxylation is 1. The van der Waals surface area contributed by atoms with Crippen molar-refractivity contribution in [3.05, 3.63) is 11.9 Å². The van der Waals surface area contributed by atoms with Gasteiger partial charge in [-0.1, -0.05) is 0 Å². The van der Waals surface area contributed by atoms with E-state index >= 15 is 0 Å². The molecule has 1 aromatic heterocycles. The minimum Gasteiger partial charge on any atom is -0.396 e. The van der Waals surface area contributed by atoms with E-state index in [1.165, 1.54) is 0 Å². The van der Waals surface area contributed by atoms with Crippen LogP contribution in [0.3, 0.4) is 0 Å². The van der Waals surface area contributed by atoms with Gasteiger partial charge in [-0.3, -0.25) is 9.48 Å². The van der Waals surface area contributed by atoms with Gasteiger partial charge in [0.1, 0.15) is 0 Å². The second kappa shape index (κ2) is 4.37. The summed E-state index contributed by atoms with van der Waals surface area (Å²) in [5.41, 5.74) is 6.55. The predicted octanol–water partition coefficient (Wildman–Crippen LogP) is 0.580. The highest BCUT2D eigenvalue weighted by atomic mass is 32.2. The van der Waals surface area contributed by atoms with E-state index in [-0.39, 0.29) is 5.91 Å². The number of hydrogen-bond donors (Lipinski definition) is 1. The molecule has 0 spiro atoms. The molecule has 6 heteroatoms. The summed E-state index contributed by atoms with van der Waals surface area (Å²) in [6.45, 7) is 0. The van der Waals surface area contributed by atoms with Crippen LogP contribution in [0.1, 0.15) is 16.9 Å². The van der Waals surface area contributed by atoms with Crippen LogP contribution in [0.15, 0.2) is 6.20 Å². The van der Waals surface area contributed by atoms with E-state index in [1.54, 1.807) is 22.8 Å². The van der Waals surface area contributed by atoms with Crippen LogP contribution >= 0.6 is 11.8 Å². The Hall–Kier alpha value is -1.17. The highest BCUT2D eigenvalue weighted by Crippen LogP contribution is 2.23. The topological polar surface area (TPSA) is 64.2 Å². The maximum absolute atomic E-state index is 12.1. The average Bonchev–Trinajstić information content (AvgIpc) is 2.85. The Kier molecular flexibility index (Phi) is 3.09. The van der Waals surface area contributed by atoms with Crippen LogP contribution < -0.4 is 5.73 Å². The molecule has 1 aliphatic rings. The molecule has 0 radical (unpaired) electrons. The number of carbonyl (C=O) groups excluding carboxylic acids is 1. The smallest absolute Gasteiger partial charge is 0.276 e. The van der Waals surface area contributed by atoms with Gasteiger partial charge in [-0.05, 0) is 12.2 Å². The SMILES string of the molecule is CN(C(=O)c1nn(C)cc1N)C1CCSC1. The highest BCUT2D eigenvalue weighted by molar-refractivity contribution is 7.99. The standard InChI is InChI=1S/C10H16N4OS/c1-13-5-8(11)9(12-13)10(15)14(2)7-3-4-16-6-7/h5,7H,3-4,6,11H2,1-2H3. The minimum atomic E-state index is -0.0781. The van der Waals surface area contributed by atoms with Gasteiger partial charge in [0.25, 0.3) is 5.91 Å². The summed E-state index contributed by atoms with van der Waals surface area (Å²) < 4.78 is 1.57. The van der Waals surface area contributed by atoms with Crippen molar-refractivity contribution >= 4 is 23.4 Å². The number of anilines is 1. The molecule has 88 valence electrons. The summed E-state index contributed by atoms with van der Waals surface area (Å²) in [7, 11) is 3.59. The number of nitrogens with zero attached hydrogens (tertiary/aromatic N) is 3. The number of carbonyl (C=O) groups is 1. The van der Waals surface area contributed by atoms with Crippen molar-refractivity contribution in [3.8, 4) is 0 Å². The zero-order chi connectivity index (χ0) is 11.7. The minimum absolute atomic E-state index is 0.0781. The third-order valence-corrected chi connectivity index (χ3v) is 3.98.